The second kappa shape index (κ2) is 4.86. The zero-order valence-electron chi connectivity index (χ0n) is 9.31. The van der Waals surface area contributed by atoms with Gasteiger partial charge in [-0.05, 0) is 18.6 Å². The van der Waals surface area contributed by atoms with Gasteiger partial charge in [0.2, 0.25) is 10.0 Å². The predicted molar refractivity (Wildman–Crippen MR) is 70.3 cm³/mol. The van der Waals surface area contributed by atoms with Crippen LogP contribution >= 0.6 is 23.2 Å². The summed E-state index contributed by atoms with van der Waals surface area (Å²) >= 11 is 11.7. The fourth-order valence-electron chi connectivity index (χ4n) is 1.82. The van der Waals surface area contributed by atoms with Gasteiger partial charge >= 0.3 is 0 Å². The van der Waals surface area contributed by atoms with Gasteiger partial charge in [-0.15, -0.1) is 0 Å². The van der Waals surface area contributed by atoms with Crippen LogP contribution in [0.15, 0.2) is 17.0 Å². The summed E-state index contributed by atoms with van der Waals surface area (Å²) in [4.78, 5) is -0.0832. The number of β-amino-alcohol motifs (C(OH)–C–C–N with tert-alkyl or cyclic N) is 1. The van der Waals surface area contributed by atoms with Crippen LogP contribution < -0.4 is 5.73 Å². The Hall–Kier alpha value is -0.530. The van der Waals surface area contributed by atoms with E-state index in [0.717, 1.165) is 0 Å². The fourth-order valence-corrected chi connectivity index (χ4v) is 4.05. The number of nitrogen functional groups attached to an aromatic ring is 1. The van der Waals surface area contributed by atoms with Crippen molar-refractivity contribution >= 4 is 38.9 Å². The fraction of sp³-hybridized carbons (Fsp3) is 0.400. The van der Waals surface area contributed by atoms with Crippen molar-refractivity contribution in [2.24, 2.45) is 0 Å². The number of hydrogen-bond acceptors (Lipinski definition) is 4. The third-order valence-electron chi connectivity index (χ3n) is 2.84. The molecule has 1 aliphatic heterocycles. The average Bonchev–Trinajstić information content (AvgIpc) is 2.73. The lowest BCUT2D eigenvalue weighted by Crippen LogP contribution is -2.30. The van der Waals surface area contributed by atoms with Crippen molar-refractivity contribution in [3.8, 4) is 0 Å². The molecule has 0 spiro atoms. The standard InChI is InChI=1S/C10H12Cl2N2O3S/c11-7-1-2-8(9(12)10(7)13)18(16,17)14-4-3-6(15)5-14/h1-2,6,15H,3-5,13H2. The topological polar surface area (TPSA) is 83.6 Å². The highest BCUT2D eigenvalue weighted by molar-refractivity contribution is 7.89. The van der Waals surface area contributed by atoms with Crippen LogP contribution in [0.25, 0.3) is 0 Å². The summed E-state index contributed by atoms with van der Waals surface area (Å²) in [6, 6.07) is 2.71. The Morgan fingerprint density at radius 2 is 2.06 bits per heavy atom. The molecule has 0 bridgehead atoms. The maximum absolute atomic E-state index is 12.3. The summed E-state index contributed by atoms with van der Waals surface area (Å²) < 4.78 is 25.8. The number of sulfonamides is 1. The second-order valence-corrected chi connectivity index (χ2v) is 6.77. The molecule has 3 N–H and O–H groups in total. The molecule has 0 saturated carbocycles. The first-order valence-corrected chi connectivity index (χ1v) is 7.45. The zero-order chi connectivity index (χ0) is 13.5. The van der Waals surface area contributed by atoms with Gasteiger partial charge in [-0.1, -0.05) is 23.2 Å². The van der Waals surface area contributed by atoms with E-state index in [0.29, 0.717) is 6.42 Å². The molecule has 0 radical (unpaired) electrons. The zero-order valence-corrected chi connectivity index (χ0v) is 11.6. The number of nitrogens with zero attached hydrogens (tertiary/aromatic N) is 1. The summed E-state index contributed by atoms with van der Waals surface area (Å²) in [6.07, 6.45) is -0.219. The van der Waals surface area contributed by atoms with Crippen LogP contribution in [0.3, 0.4) is 0 Å². The molecule has 5 nitrogen and oxygen atoms in total. The van der Waals surface area contributed by atoms with Crippen LogP contribution in [0.4, 0.5) is 5.69 Å². The molecule has 0 aromatic heterocycles. The van der Waals surface area contributed by atoms with Crippen LogP contribution in [0.2, 0.25) is 10.0 Å². The number of nitrogens with two attached hydrogens (primary N) is 1. The molecule has 1 aromatic carbocycles. The first-order valence-electron chi connectivity index (χ1n) is 5.25. The van der Waals surface area contributed by atoms with Crippen molar-refractivity contribution < 1.29 is 13.5 Å². The van der Waals surface area contributed by atoms with E-state index in [1.54, 1.807) is 0 Å². The summed E-state index contributed by atoms with van der Waals surface area (Å²) in [5, 5.41) is 9.52. The van der Waals surface area contributed by atoms with Crippen LogP contribution in [0, 0.1) is 0 Å². The molecular weight excluding hydrogens is 299 g/mol. The highest BCUT2D eigenvalue weighted by Crippen LogP contribution is 2.35. The van der Waals surface area contributed by atoms with Crippen LogP contribution in [0.1, 0.15) is 6.42 Å². The number of aliphatic hydroxyl groups is 1. The van der Waals surface area contributed by atoms with Crippen LogP contribution in [-0.4, -0.2) is 37.0 Å². The van der Waals surface area contributed by atoms with E-state index in [1.807, 2.05) is 0 Å². The lowest BCUT2D eigenvalue weighted by molar-refractivity contribution is 0.189. The van der Waals surface area contributed by atoms with Crippen molar-refractivity contribution in [3.05, 3.63) is 22.2 Å². The van der Waals surface area contributed by atoms with Crippen molar-refractivity contribution in [2.75, 3.05) is 18.8 Å². The number of anilines is 1. The van der Waals surface area contributed by atoms with Gasteiger partial charge in [0, 0.05) is 13.1 Å². The minimum atomic E-state index is -3.74. The molecule has 1 heterocycles. The lowest BCUT2D eigenvalue weighted by atomic mass is 10.3. The maximum Gasteiger partial charge on any atom is 0.244 e. The van der Waals surface area contributed by atoms with Gasteiger partial charge in [-0.3, -0.25) is 0 Å². The smallest absolute Gasteiger partial charge is 0.244 e. The average molecular weight is 311 g/mol. The highest BCUT2D eigenvalue weighted by atomic mass is 35.5. The molecule has 1 aromatic rings. The van der Waals surface area contributed by atoms with Gasteiger partial charge in [0.25, 0.3) is 0 Å². The SMILES string of the molecule is Nc1c(Cl)ccc(S(=O)(=O)N2CCC(O)C2)c1Cl. The van der Waals surface area contributed by atoms with Gasteiger partial charge in [-0.25, -0.2) is 8.42 Å². The molecular formula is C10H12Cl2N2O3S. The first kappa shape index (κ1) is 13.9. The molecule has 8 heteroatoms. The first-order chi connectivity index (χ1) is 8.34. The minimum absolute atomic E-state index is 0.0409. The number of rotatable bonds is 2. The van der Waals surface area contributed by atoms with E-state index >= 15 is 0 Å². The van der Waals surface area contributed by atoms with E-state index in [1.165, 1.54) is 16.4 Å². The Labute approximate surface area is 115 Å². The second-order valence-electron chi connectivity index (χ2n) is 4.08. The lowest BCUT2D eigenvalue weighted by Gasteiger charge is -2.17. The largest absolute Gasteiger partial charge is 0.396 e. The van der Waals surface area contributed by atoms with Gasteiger partial charge in [-0.2, -0.15) is 4.31 Å². The molecule has 0 amide bonds. The van der Waals surface area contributed by atoms with Crippen molar-refractivity contribution in [3.63, 3.8) is 0 Å². The maximum atomic E-state index is 12.3. The Morgan fingerprint density at radius 1 is 1.39 bits per heavy atom. The van der Waals surface area contributed by atoms with Gasteiger partial charge < -0.3 is 10.8 Å². The minimum Gasteiger partial charge on any atom is -0.396 e. The van der Waals surface area contributed by atoms with Gasteiger partial charge in [0.1, 0.15) is 4.90 Å². The van der Waals surface area contributed by atoms with Crippen molar-refractivity contribution in [1.82, 2.24) is 4.31 Å². The third-order valence-corrected chi connectivity index (χ3v) is 5.59. The quantitative estimate of drug-likeness (QED) is 0.807. The van der Waals surface area contributed by atoms with Crippen LogP contribution in [0.5, 0.6) is 0 Å². The molecule has 1 saturated heterocycles. The molecule has 1 atom stereocenters. The van der Waals surface area contributed by atoms with Gasteiger partial charge in [0.15, 0.2) is 0 Å². The summed E-state index contributed by atoms with van der Waals surface area (Å²) in [5.41, 5.74) is 5.65. The van der Waals surface area contributed by atoms with Crippen molar-refractivity contribution in [1.29, 1.82) is 0 Å². The number of aliphatic hydroxyl groups excluding tert-OH is 1. The van der Waals surface area contributed by atoms with Crippen molar-refractivity contribution in [2.45, 2.75) is 17.4 Å². The molecule has 100 valence electrons. The van der Waals surface area contributed by atoms with E-state index in [4.69, 9.17) is 28.9 Å². The highest BCUT2D eigenvalue weighted by Gasteiger charge is 2.33. The summed E-state index contributed by atoms with van der Waals surface area (Å²) in [7, 11) is -3.74. The number of halogens is 2. The predicted octanol–water partition coefficient (Wildman–Crippen LogP) is 1.33. The Morgan fingerprint density at radius 3 is 2.61 bits per heavy atom. The normalized spacial score (nSPS) is 21.4. The molecule has 2 rings (SSSR count). The number of hydrogen-bond donors (Lipinski definition) is 2. The van der Waals surface area contributed by atoms with E-state index in [9.17, 15) is 13.5 Å². The Bertz CT molecular complexity index is 577. The molecule has 18 heavy (non-hydrogen) atoms. The monoisotopic (exact) mass is 310 g/mol. The van der Waals surface area contributed by atoms with E-state index < -0.39 is 16.1 Å². The van der Waals surface area contributed by atoms with Crippen LogP contribution in [-0.2, 0) is 10.0 Å². The molecule has 1 aliphatic rings. The number of benzene rings is 1. The third kappa shape index (κ3) is 2.31. The molecule has 1 unspecified atom stereocenters. The Kier molecular flexibility index (Phi) is 3.75. The molecule has 1 fully saturated rings. The Balaban J connectivity index is 2.45. The van der Waals surface area contributed by atoms with E-state index in [-0.39, 0.29) is 33.7 Å². The summed E-state index contributed by atoms with van der Waals surface area (Å²) in [5.74, 6) is 0. The van der Waals surface area contributed by atoms with E-state index in [2.05, 4.69) is 0 Å². The molecule has 0 aliphatic carbocycles. The van der Waals surface area contributed by atoms with Gasteiger partial charge in [0.05, 0.1) is 21.8 Å². The summed E-state index contributed by atoms with van der Waals surface area (Å²) in [6.45, 7) is 0.337.